The van der Waals surface area contributed by atoms with E-state index >= 15 is 0 Å². The predicted molar refractivity (Wildman–Crippen MR) is 64.0 cm³/mol. The van der Waals surface area contributed by atoms with Gasteiger partial charge in [0, 0.05) is 37.2 Å². The highest BCUT2D eigenvalue weighted by Crippen LogP contribution is 2.24. The molecule has 0 atom stereocenters. The quantitative estimate of drug-likeness (QED) is 0.714. The Kier molecular flexibility index (Phi) is 3.07. The highest BCUT2D eigenvalue weighted by Gasteiger charge is 2.16. The second-order valence-electron chi connectivity index (χ2n) is 4.02. The van der Waals surface area contributed by atoms with Crippen molar-refractivity contribution in [3.8, 4) is 0 Å². The van der Waals surface area contributed by atoms with Crippen LogP contribution in [-0.2, 0) is 0 Å². The van der Waals surface area contributed by atoms with E-state index in [1.807, 2.05) is 6.07 Å². The molecule has 1 aliphatic heterocycles. The average molecular weight is 224 g/mol. The van der Waals surface area contributed by atoms with Crippen molar-refractivity contribution in [2.75, 3.05) is 38.1 Å². The summed E-state index contributed by atoms with van der Waals surface area (Å²) in [6.45, 7) is 5.95. The molecule has 0 aromatic carbocycles. The second kappa shape index (κ2) is 4.33. The third-order valence-electron chi connectivity index (χ3n) is 2.80. The molecule has 0 saturated carbocycles. The first-order chi connectivity index (χ1) is 7.16. The van der Waals surface area contributed by atoms with Gasteiger partial charge < -0.3 is 9.80 Å². The van der Waals surface area contributed by atoms with Gasteiger partial charge in [0.05, 0.1) is 4.88 Å². The lowest BCUT2D eigenvalue weighted by atomic mass is 10.3. The van der Waals surface area contributed by atoms with Gasteiger partial charge in [0.1, 0.15) is 0 Å². The molecule has 0 amide bonds. The third kappa shape index (κ3) is 2.38. The topological polar surface area (TPSA) is 23.6 Å². The maximum Gasteiger partial charge on any atom is 0.169 e. The van der Waals surface area contributed by atoms with Crippen LogP contribution in [0.25, 0.3) is 0 Å². The molecule has 2 rings (SSSR count). The average Bonchev–Trinajstić information content (AvgIpc) is 2.68. The Bertz CT molecular complexity index is 353. The Labute approximate surface area is 94.3 Å². The Hall–Kier alpha value is -0.870. The molecule has 1 aliphatic rings. The van der Waals surface area contributed by atoms with Crippen molar-refractivity contribution in [1.29, 1.82) is 0 Å². The largest absolute Gasteiger partial charge is 0.368 e. The van der Waals surface area contributed by atoms with Crippen molar-refractivity contribution in [3.63, 3.8) is 0 Å². The highest BCUT2D eigenvalue weighted by molar-refractivity contribution is 7.12. The molecular formula is C11H16N2OS. The number of hydrogen-bond acceptors (Lipinski definition) is 4. The Morgan fingerprint density at radius 2 is 2.00 bits per heavy atom. The molecule has 0 bridgehead atoms. The van der Waals surface area contributed by atoms with E-state index < -0.39 is 0 Å². The Morgan fingerprint density at radius 3 is 2.53 bits per heavy atom. The molecule has 3 nitrogen and oxygen atoms in total. The van der Waals surface area contributed by atoms with Gasteiger partial charge in [-0.05, 0) is 20.0 Å². The fraction of sp³-hybridized carbons (Fsp3) is 0.545. The van der Waals surface area contributed by atoms with Crippen LogP contribution in [0, 0.1) is 0 Å². The van der Waals surface area contributed by atoms with Gasteiger partial charge in [-0.3, -0.25) is 4.79 Å². The van der Waals surface area contributed by atoms with Crippen molar-refractivity contribution in [3.05, 3.63) is 16.3 Å². The van der Waals surface area contributed by atoms with Crippen molar-refractivity contribution in [1.82, 2.24) is 4.90 Å². The minimum absolute atomic E-state index is 0.167. The number of rotatable bonds is 2. The van der Waals surface area contributed by atoms with Crippen molar-refractivity contribution < 1.29 is 4.79 Å². The van der Waals surface area contributed by atoms with E-state index in [0.29, 0.717) is 0 Å². The van der Waals surface area contributed by atoms with Crippen LogP contribution < -0.4 is 4.90 Å². The molecule has 1 fully saturated rings. The molecule has 1 saturated heterocycles. The van der Waals surface area contributed by atoms with Crippen LogP contribution in [0.1, 0.15) is 16.6 Å². The van der Waals surface area contributed by atoms with Gasteiger partial charge in [-0.1, -0.05) is 0 Å². The molecule has 0 radical (unpaired) electrons. The van der Waals surface area contributed by atoms with Crippen LogP contribution in [0.3, 0.4) is 0 Å². The summed E-state index contributed by atoms with van der Waals surface area (Å²) in [6, 6.07) is 2.01. The van der Waals surface area contributed by atoms with E-state index in [1.54, 1.807) is 18.3 Å². The van der Waals surface area contributed by atoms with E-state index in [4.69, 9.17) is 0 Å². The fourth-order valence-electron chi connectivity index (χ4n) is 1.74. The number of ketones is 1. The van der Waals surface area contributed by atoms with E-state index in [0.717, 1.165) is 31.1 Å². The molecule has 1 aromatic heterocycles. The molecule has 0 unspecified atom stereocenters. The minimum atomic E-state index is 0.167. The summed E-state index contributed by atoms with van der Waals surface area (Å²) in [7, 11) is 2.14. The molecular weight excluding hydrogens is 208 g/mol. The number of anilines is 1. The van der Waals surface area contributed by atoms with Gasteiger partial charge in [0.15, 0.2) is 5.78 Å². The summed E-state index contributed by atoms with van der Waals surface area (Å²) < 4.78 is 0. The lowest BCUT2D eigenvalue weighted by molar-refractivity contribution is 0.102. The van der Waals surface area contributed by atoms with Crippen LogP contribution in [0.15, 0.2) is 11.4 Å². The van der Waals surface area contributed by atoms with E-state index in [-0.39, 0.29) is 5.78 Å². The van der Waals surface area contributed by atoms with Crippen LogP contribution in [-0.4, -0.2) is 43.9 Å². The van der Waals surface area contributed by atoms with Crippen LogP contribution in [0.4, 0.5) is 5.69 Å². The molecule has 15 heavy (non-hydrogen) atoms. The monoisotopic (exact) mass is 224 g/mol. The van der Waals surface area contributed by atoms with Crippen molar-refractivity contribution in [2.24, 2.45) is 0 Å². The van der Waals surface area contributed by atoms with E-state index in [1.165, 1.54) is 5.69 Å². The lowest BCUT2D eigenvalue weighted by Crippen LogP contribution is -2.44. The normalized spacial score (nSPS) is 18.1. The lowest BCUT2D eigenvalue weighted by Gasteiger charge is -2.33. The summed E-state index contributed by atoms with van der Waals surface area (Å²) in [5.41, 5.74) is 1.21. The molecule has 1 aromatic rings. The Balaban J connectivity index is 2.06. The van der Waals surface area contributed by atoms with Crippen molar-refractivity contribution in [2.45, 2.75) is 6.92 Å². The van der Waals surface area contributed by atoms with Gasteiger partial charge in [-0.2, -0.15) is 0 Å². The molecule has 4 heteroatoms. The minimum Gasteiger partial charge on any atom is -0.368 e. The zero-order chi connectivity index (χ0) is 10.8. The van der Waals surface area contributed by atoms with Crippen LogP contribution >= 0.6 is 11.3 Å². The smallest absolute Gasteiger partial charge is 0.169 e. The van der Waals surface area contributed by atoms with E-state index in [2.05, 4.69) is 22.2 Å². The maximum absolute atomic E-state index is 11.2. The number of likely N-dealkylation sites (N-methyl/N-ethyl adjacent to an activating group) is 1. The maximum atomic E-state index is 11.2. The number of thiophene rings is 1. The number of nitrogens with zero attached hydrogens (tertiary/aromatic N) is 2. The Morgan fingerprint density at radius 1 is 1.33 bits per heavy atom. The molecule has 2 heterocycles. The molecule has 0 N–H and O–H groups in total. The summed E-state index contributed by atoms with van der Waals surface area (Å²) in [6.07, 6.45) is 0. The van der Waals surface area contributed by atoms with Crippen LogP contribution in [0.2, 0.25) is 0 Å². The third-order valence-corrected chi connectivity index (χ3v) is 3.82. The highest BCUT2D eigenvalue weighted by atomic mass is 32.1. The predicted octanol–water partition coefficient (Wildman–Crippen LogP) is 1.70. The van der Waals surface area contributed by atoms with Crippen LogP contribution in [0.5, 0.6) is 0 Å². The van der Waals surface area contributed by atoms with Gasteiger partial charge in [0.2, 0.25) is 0 Å². The standard InChI is InChI=1S/C11H16N2OS/c1-9(14)11-7-10(8-15-11)13-5-3-12(2)4-6-13/h7-8H,3-6H2,1-2H3. The number of carbonyl (C=O) groups excluding carboxylic acids is 1. The molecule has 82 valence electrons. The SMILES string of the molecule is CC(=O)c1cc(N2CCN(C)CC2)cs1. The van der Waals surface area contributed by atoms with E-state index in [9.17, 15) is 4.79 Å². The summed E-state index contributed by atoms with van der Waals surface area (Å²) in [5, 5.41) is 2.09. The summed E-state index contributed by atoms with van der Waals surface area (Å²) in [5.74, 6) is 0.167. The first-order valence-electron chi connectivity index (χ1n) is 5.20. The van der Waals surface area contributed by atoms with Gasteiger partial charge >= 0.3 is 0 Å². The number of carbonyl (C=O) groups is 1. The second-order valence-corrected chi connectivity index (χ2v) is 4.93. The zero-order valence-electron chi connectivity index (χ0n) is 9.19. The number of piperazine rings is 1. The van der Waals surface area contributed by atoms with Crippen molar-refractivity contribution >= 4 is 22.8 Å². The fourth-order valence-corrected chi connectivity index (χ4v) is 2.56. The summed E-state index contributed by atoms with van der Waals surface area (Å²) >= 11 is 1.55. The molecule has 0 spiro atoms. The summed E-state index contributed by atoms with van der Waals surface area (Å²) in [4.78, 5) is 16.7. The van der Waals surface area contributed by atoms with Gasteiger partial charge in [-0.15, -0.1) is 11.3 Å². The number of hydrogen-bond donors (Lipinski definition) is 0. The first-order valence-corrected chi connectivity index (χ1v) is 6.08. The first kappa shape index (κ1) is 10.6. The zero-order valence-corrected chi connectivity index (χ0v) is 10.0. The van der Waals surface area contributed by atoms with Gasteiger partial charge in [-0.25, -0.2) is 0 Å². The number of Topliss-reactive ketones (excluding diaryl/α,β-unsaturated/α-hetero) is 1. The molecule has 0 aliphatic carbocycles. The van der Waals surface area contributed by atoms with Gasteiger partial charge in [0.25, 0.3) is 0 Å².